The third-order valence-corrected chi connectivity index (χ3v) is 2.92. The van der Waals surface area contributed by atoms with Gasteiger partial charge in [-0.15, -0.1) is 0 Å². The summed E-state index contributed by atoms with van der Waals surface area (Å²) in [5.41, 5.74) is -0.251. The molecule has 0 spiro atoms. The number of hydrogen-bond acceptors (Lipinski definition) is 4. The van der Waals surface area contributed by atoms with Crippen LogP contribution in [0.4, 0.5) is 0 Å². The lowest BCUT2D eigenvalue weighted by Gasteiger charge is -2.08. The molecule has 4 heteroatoms. The normalized spacial score (nSPS) is 27.2. The van der Waals surface area contributed by atoms with Gasteiger partial charge in [-0.25, -0.2) is 4.79 Å². The van der Waals surface area contributed by atoms with Crippen molar-refractivity contribution in [1.82, 2.24) is 5.32 Å². The molecule has 2 rings (SSSR count). The van der Waals surface area contributed by atoms with E-state index < -0.39 is 11.5 Å². The molecule has 0 saturated carbocycles. The van der Waals surface area contributed by atoms with Crippen LogP contribution in [-0.4, -0.2) is 24.4 Å². The highest BCUT2D eigenvalue weighted by atomic mass is 16.5. The summed E-state index contributed by atoms with van der Waals surface area (Å²) >= 11 is 0. The van der Waals surface area contributed by atoms with Gasteiger partial charge in [0.1, 0.15) is 0 Å². The minimum absolute atomic E-state index is 0.215. The summed E-state index contributed by atoms with van der Waals surface area (Å²) in [7, 11) is 1.29. The van der Waals surface area contributed by atoms with E-state index in [-0.39, 0.29) is 11.8 Å². The lowest BCUT2D eigenvalue weighted by atomic mass is 9.96. The Bertz CT molecular complexity index is 429. The number of ether oxygens (including phenoxy) is 1. The highest BCUT2D eigenvalue weighted by Gasteiger charge is 2.65. The van der Waals surface area contributed by atoms with Crippen LogP contribution in [0.15, 0.2) is 30.3 Å². The minimum Gasteiger partial charge on any atom is -0.467 e. The average Bonchev–Trinajstić information content (AvgIpc) is 3.06. The Morgan fingerprint density at radius 2 is 1.94 bits per heavy atom. The molecule has 1 aliphatic heterocycles. The first-order valence-corrected chi connectivity index (χ1v) is 5.05. The van der Waals surface area contributed by atoms with Gasteiger partial charge in [0, 0.05) is 0 Å². The zero-order valence-electron chi connectivity index (χ0n) is 9.19. The summed E-state index contributed by atoms with van der Waals surface area (Å²) < 4.78 is 4.67. The Labute approximate surface area is 93.6 Å². The van der Waals surface area contributed by atoms with Crippen LogP contribution in [-0.2, 0) is 14.3 Å². The molecule has 16 heavy (non-hydrogen) atoms. The van der Waals surface area contributed by atoms with E-state index in [0.29, 0.717) is 0 Å². The standard InChI is InChI=1S/C12H13NO3/c1-8(14)12(11(15)16-2)10(13-12)9-6-4-3-5-7-9/h3-7,10,13H,1-2H3/t10-,12-/m1/s1. The van der Waals surface area contributed by atoms with Gasteiger partial charge in [-0.2, -0.15) is 0 Å². The molecule has 4 nitrogen and oxygen atoms in total. The van der Waals surface area contributed by atoms with E-state index in [1.165, 1.54) is 14.0 Å². The number of ketones is 1. The van der Waals surface area contributed by atoms with Crippen molar-refractivity contribution >= 4 is 11.8 Å². The zero-order valence-corrected chi connectivity index (χ0v) is 9.19. The first-order chi connectivity index (χ1) is 7.63. The molecule has 1 aliphatic rings. The Morgan fingerprint density at radius 1 is 1.31 bits per heavy atom. The largest absolute Gasteiger partial charge is 0.467 e. The van der Waals surface area contributed by atoms with Gasteiger partial charge in [-0.3, -0.25) is 10.1 Å². The monoisotopic (exact) mass is 219 g/mol. The predicted octanol–water partition coefficient (Wildman–Crippen LogP) is 0.832. The fourth-order valence-electron chi connectivity index (χ4n) is 1.95. The number of carbonyl (C=O) groups is 2. The predicted molar refractivity (Wildman–Crippen MR) is 57.7 cm³/mol. The van der Waals surface area contributed by atoms with Crippen molar-refractivity contribution < 1.29 is 14.3 Å². The van der Waals surface area contributed by atoms with Crippen LogP contribution in [0.2, 0.25) is 0 Å². The van der Waals surface area contributed by atoms with Gasteiger partial charge >= 0.3 is 5.97 Å². The second-order valence-electron chi connectivity index (χ2n) is 3.84. The molecule has 1 aromatic carbocycles. The minimum atomic E-state index is -1.17. The Balaban J connectivity index is 2.30. The van der Waals surface area contributed by atoms with Crippen LogP contribution in [0.5, 0.6) is 0 Å². The number of benzene rings is 1. The summed E-state index contributed by atoms with van der Waals surface area (Å²) in [5.74, 6) is -0.734. The lowest BCUT2D eigenvalue weighted by molar-refractivity contribution is -0.147. The van der Waals surface area contributed by atoms with Gasteiger partial charge in [-0.05, 0) is 12.5 Å². The molecular formula is C12H13NO3. The van der Waals surface area contributed by atoms with Crippen molar-refractivity contribution in [2.45, 2.75) is 18.5 Å². The molecule has 1 saturated heterocycles. The number of methoxy groups -OCH3 is 1. The maximum Gasteiger partial charge on any atom is 0.335 e. The molecule has 1 N–H and O–H groups in total. The number of carbonyl (C=O) groups excluding carboxylic acids is 2. The quantitative estimate of drug-likeness (QED) is 0.464. The number of hydrogen-bond donors (Lipinski definition) is 1. The van der Waals surface area contributed by atoms with Crippen molar-refractivity contribution in [3.05, 3.63) is 35.9 Å². The molecule has 2 atom stereocenters. The second kappa shape index (κ2) is 3.72. The molecule has 1 fully saturated rings. The van der Waals surface area contributed by atoms with E-state index in [1.807, 2.05) is 30.3 Å². The molecule has 0 bridgehead atoms. The van der Waals surface area contributed by atoms with Crippen LogP contribution in [0, 0.1) is 0 Å². The van der Waals surface area contributed by atoms with Crippen molar-refractivity contribution in [1.29, 1.82) is 0 Å². The SMILES string of the molecule is COC(=O)[C@]1(C(C)=O)N[C@@H]1c1ccccc1. The maximum atomic E-state index is 11.6. The van der Waals surface area contributed by atoms with Gasteiger partial charge in [0.2, 0.25) is 0 Å². The number of esters is 1. The van der Waals surface area contributed by atoms with Gasteiger partial charge in [0.05, 0.1) is 13.2 Å². The first kappa shape index (κ1) is 10.8. The molecule has 1 heterocycles. The van der Waals surface area contributed by atoms with Crippen LogP contribution in [0.3, 0.4) is 0 Å². The molecule has 0 unspecified atom stereocenters. The third kappa shape index (κ3) is 1.42. The fraction of sp³-hybridized carbons (Fsp3) is 0.333. The molecule has 84 valence electrons. The molecule has 0 aromatic heterocycles. The van der Waals surface area contributed by atoms with E-state index in [9.17, 15) is 9.59 Å². The number of nitrogens with one attached hydrogen (secondary N) is 1. The summed E-state index contributed by atoms with van der Waals surface area (Å²) in [6.07, 6.45) is 0. The first-order valence-electron chi connectivity index (χ1n) is 5.05. The molecule has 0 radical (unpaired) electrons. The van der Waals surface area contributed by atoms with Gasteiger partial charge in [0.15, 0.2) is 11.3 Å². The van der Waals surface area contributed by atoms with Crippen LogP contribution in [0.25, 0.3) is 0 Å². The van der Waals surface area contributed by atoms with Crippen molar-refractivity contribution in [3.8, 4) is 0 Å². The smallest absolute Gasteiger partial charge is 0.335 e. The molecule has 0 aliphatic carbocycles. The van der Waals surface area contributed by atoms with Crippen LogP contribution in [0.1, 0.15) is 18.5 Å². The van der Waals surface area contributed by atoms with Crippen LogP contribution < -0.4 is 5.32 Å². The second-order valence-corrected chi connectivity index (χ2v) is 3.84. The number of Topliss-reactive ketones (excluding diaryl/α,β-unsaturated/α-hetero) is 1. The highest BCUT2D eigenvalue weighted by Crippen LogP contribution is 2.42. The lowest BCUT2D eigenvalue weighted by Crippen LogP contribution is -2.37. The van der Waals surface area contributed by atoms with E-state index in [2.05, 4.69) is 10.1 Å². The van der Waals surface area contributed by atoms with Crippen molar-refractivity contribution in [3.63, 3.8) is 0 Å². The maximum absolute atomic E-state index is 11.6. The Hall–Kier alpha value is -1.68. The summed E-state index contributed by atoms with van der Waals surface area (Å²) in [6.45, 7) is 1.40. The van der Waals surface area contributed by atoms with E-state index in [0.717, 1.165) is 5.56 Å². The topological polar surface area (TPSA) is 65.3 Å². The third-order valence-electron chi connectivity index (χ3n) is 2.92. The highest BCUT2D eigenvalue weighted by molar-refractivity contribution is 6.12. The number of rotatable bonds is 3. The fourth-order valence-corrected chi connectivity index (χ4v) is 1.95. The summed E-state index contributed by atoms with van der Waals surface area (Å²) in [4.78, 5) is 23.2. The zero-order chi connectivity index (χ0) is 11.8. The Morgan fingerprint density at radius 3 is 2.44 bits per heavy atom. The molecule has 0 amide bonds. The van der Waals surface area contributed by atoms with E-state index in [4.69, 9.17) is 0 Å². The van der Waals surface area contributed by atoms with E-state index >= 15 is 0 Å². The van der Waals surface area contributed by atoms with E-state index in [1.54, 1.807) is 0 Å². The molecule has 1 aromatic rings. The Kier molecular flexibility index (Phi) is 2.52. The van der Waals surface area contributed by atoms with Crippen LogP contribution >= 0.6 is 0 Å². The van der Waals surface area contributed by atoms with Gasteiger partial charge < -0.3 is 4.74 Å². The van der Waals surface area contributed by atoms with Gasteiger partial charge in [-0.1, -0.05) is 30.3 Å². The molecular weight excluding hydrogens is 206 g/mol. The average molecular weight is 219 g/mol. The van der Waals surface area contributed by atoms with Gasteiger partial charge in [0.25, 0.3) is 0 Å². The summed E-state index contributed by atoms with van der Waals surface area (Å²) in [6, 6.07) is 9.13. The van der Waals surface area contributed by atoms with Crippen molar-refractivity contribution in [2.24, 2.45) is 0 Å². The summed E-state index contributed by atoms with van der Waals surface area (Å²) in [5, 5.41) is 2.92. The van der Waals surface area contributed by atoms with Crippen molar-refractivity contribution in [2.75, 3.05) is 7.11 Å².